The van der Waals surface area contributed by atoms with E-state index < -0.39 is 12.6 Å². The molecule has 3 rings (SSSR count). The number of carbonyl (C=O) groups excluding carboxylic acids is 1. The third-order valence-corrected chi connectivity index (χ3v) is 4.21. The van der Waals surface area contributed by atoms with Crippen LogP contribution in [0.2, 0.25) is 0 Å². The second-order valence-electron chi connectivity index (χ2n) is 6.12. The Bertz CT molecular complexity index is 789. The lowest BCUT2D eigenvalue weighted by Gasteiger charge is -2.25. The Morgan fingerprint density at radius 3 is 2.88 bits per heavy atom. The summed E-state index contributed by atoms with van der Waals surface area (Å²) in [5.41, 5.74) is 3.16. The Hall–Kier alpha value is -2.86. The number of fused-ring (bicyclic) bond motifs is 1. The van der Waals surface area contributed by atoms with Crippen LogP contribution in [0.5, 0.6) is 5.75 Å². The molecule has 2 aromatic rings. The monoisotopic (exact) mass is 355 g/mol. The van der Waals surface area contributed by atoms with Crippen LogP contribution in [0.25, 0.3) is 0 Å². The van der Waals surface area contributed by atoms with Crippen molar-refractivity contribution in [3.05, 3.63) is 65.2 Å². The number of nitrogens with one attached hydrogen (secondary N) is 1. The second-order valence-corrected chi connectivity index (χ2v) is 6.12. The van der Waals surface area contributed by atoms with Crippen LogP contribution in [0, 0.1) is 0 Å². The lowest BCUT2D eigenvalue weighted by Crippen LogP contribution is -2.27. The minimum Gasteiger partial charge on any atom is -0.482 e. The smallest absolute Gasteiger partial charge is 0.341 e. The van der Waals surface area contributed by atoms with Crippen LogP contribution in [-0.2, 0) is 27.3 Å². The van der Waals surface area contributed by atoms with E-state index in [0.717, 1.165) is 17.5 Å². The van der Waals surface area contributed by atoms with E-state index in [1.54, 1.807) is 18.2 Å². The average Bonchev–Trinajstić information content (AvgIpc) is 2.65. The fraction of sp³-hybridized carbons (Fsp3) is 0.300. The molecule has 2 aromatic carbocycles. The molecule has 26 heavy (non-hydrogen) atoms. The maximum Gasteiger partial charge on any atom is 0.341 e. The Morgan fingerprint density at radius 1 is 1.19 bits per heavy atom. The Morgan fingerprint density at radius 2 is 2.04 bits per heavy atom. The summed E-state index contributed by atoms with van der Waals surface area (Å²) in [6.07, 6.45) is 0.925. The molecule has 0 spiro atoms. The van der Waals surface area contributed by atoms with Gasteiger partial charge in [0.15, 0.2) is 6.61 Å². The van der Waals surface area contributed by atoms with Crippen LogP contribution in [-0.4, -0.2) is 30.2 Å². The van der Waals surface area contributed by atoms with E-state index in [-0.39, 0.29) is 18.4 Å². The highest BCUT2D eigenvalue weighted by molar-refractivity contribution is 5.76. The maximum absolute atomic E-state index is 12.3. The second kappa shape index (κ2) is 8.49. The van der Waals surface area contributed by atoms with Crippen molar-refractivity contribution < 1.29 is 24.2 Å². The van der Waals surface area contributed by atoms with Crippen LogP contribution >= 0.6 is 0 Å². The standard InChI is InChI=1S/C20H21NO5/c22-19(11-18-17-7-2-1-5-15(17)8-9-25-18)21-12-14-4-3-6-16(10-14)26-13-20(23)24/h1-7,10,18H,8-9,11-13H2,(H,21,22)(H,23,24)/t18-/m1/s1. The molecule has 0 fully saturated rings. The predicted molar refractivity (Wildman–Crippen MR) is 94.9 cm³/mol. The zero-order valence-corrected chi connectivity index (χ0v) is 14.3. The lowest BCUT2D eigenvalue weighted by molar-refractivity contribution is -0.139. The van der Waals surface area contributed by atoms with Crippen LogP contribution in [0.4, 0.5) is 0 Å². The van der Waals surface area contributed by atoms with Crippen LogP contribution in [0.3, 0.4) is 0 Å². The summed E-state index contributed by atoms with van der Waals surface area (Å²) in [5.74, 6) is -0.663. The SMILES string of the molecule is O=C(O)COc1cccc(CNC(=O)C[C@H]2OCCc3ccccc32)c1. The summed E-state index contributed by atoms with van der Waals surface area (Å²) in [4.78, 5) is 22.8. The highest BCUT2D eigenvalue weighted by Gasteiger charge is 2.22. The summed E-state index contributed by atoms with van der Waals surface area (Å²) in [5, 5.41) is 11.5. The van der Waals surface area contributed by atoms with E-state index in [4.69, 9.17) is 14.6 Å². The van der Waals surface area contributed by atoms with Gasteiger partial charge >= 0.3 is 5.97 Å². The van der Waals surface area contributed by atoms with E-state index in [9.17, 15) is 9.59 Å². The number of carbonyl (C=O) groups is 2. The lowest BCUT2D eigenvalue weighted by atomic mass is 9.95. The summed E-state index contributed by atoms with van der Waals surface area (Å²) in [6, 6.07) is 15.1. The van der Waals surface area contributed by atoms with Crippen molar-refractivity contribution in [2.75, 3.05) is 13.2 Å². The molecule has 0 aromatic heterocycles. The fourth-order valence-corrected chi connectivity index (χ4v) is 2.98. The molecule has 1 aliphatic rings. The molecule has 1 amide bonds. The molecule has 0 saturated carbocycles. The molecular formula is C20H21NO5. The first-order valence-corrected chi connectivity index (χ1v) is 8.51. The van der Waals surface area contributed by atoms with Gasteiger partial charge in [-0.3, -0.25) is 4.79 Å². The van der Waals surface area contributed by atoms with Gasteiger partial charge < -0.3 is 19.9 Å². The van der Waals surface area contributed by atoms with E-state index in [1.807, 2.05) is 24.3 Å². The minimum absolute atomic E-state index is 0.0939. The minimum atomic E-state index is -1.03. The molecule has 1 heterocycles. The molecule has 0 aliphatic carbocycles. The number of carboxylic acid groups (broad SMARTS) is 1. The van der Waals surface area contributed by atoms with Gasteiger partial charge in [0.2, 0.25) is 5.91 Å². The molecular weight excluding hydrogens is 334 g/mol. The molecule has 1 aliphatic heterocycles. The van der Waals surface area contributed by atoms with Gasteiger partial charge in [-0.1, -0.05) is 36.4 Å². The number of hydrogen-bond acceptors (Lipinski definition) is 4. The van der Waals surface area contributed by atoms with Crippen molar-refractivity contribution in [3.63, 3.8) is 0 Å². The van der Waals surface area contributed by atoms with E-state index >= 15 is 0 Å². The van der Waals surface area contributed by atoms with E-state index in [1.165, 1.54) is 5.56 Å². The molecule has 6 heteroatoms. The number of amides is 1. The van der Waals surface area contributed by atoms with Crippen LogP contribution < -0.4 is 10.1 Å². The summed E-state index contributed by atoms with van der Waals surface area (Å²) in [7, 11) is 0. The van der Waals surface area contributed by atoms with Gasteiger partial charge in [0.05, 0.1) is 19.1 Å². The fourth-order valence-electron chi connectivity index (χ4n) is 2.98. The van der Waals surface area contributed by atoms with Gasteiger partial charge in [-0.25, -0.2) is 4.79 Å². The molecule has 0 radical (unpaired) electrons. The largest absolute Gasteiger partial charge is 0.482 e. The molecule has 0 unspecified atom stereocenters. The van der Waals surface area contributed by atoms with Crippen LogP contribution in [0.1, 0.15) is 29.2 Å². The Kier molecular flexibility index (Phi) is 5.86. The zero-order valence-electron chi connectivity index (χ0n) is 14.3. The van der Waals surface area contributed by atoms with Gasteiger partial charge in [0, 0.05) is 6.54 Å². The van der Waals surface area contributed by atoms with Crippen molar-refractivity contribution in [3.8, 4) is 5.75 Å². The van der Waals surface area contributed by atoms with Crippen molar-refractivity contribution in [1.29, 1.82) is 0 Å². The topological polar surface area (TPSA) is 84.9 Å². The maximum atomic E-state index is 12.3. The van der Waals surface area contributed by atoms with Gasteiger partial charge in [-0.2, -0.15) is 0 Å². The first-order valence-electron chi connectivity index (χ1n) is 8.51. The predicted octanol–water partition coefficient (Wildman–Crippen LogP) is 2.47. The number of benzene rings is 2. The van der Waals surface area contributed by atoms with Crippen molar-refractivity contribution in [2.45, 2.75) is 25.5 Å². The normalized spacial score (nSPS) is 15.8. The molecule has 6 nitrogen and oxygen atoms in total. The first-order chi connectivity index (χ1) is 12.6. The average molecular weight is 355 g/mol. The van der Waals surface area contributed by atoms with Gasteiger partial charge in [-0.05, 0) is 35.2 Å². The quantitative estimate of drug-likeness (QED) is 0.797. The first kappa shape index (κ1) is 17.9. The molecule has 136 valence electrons. The Labute approximate surface area is 151 Å². The van der Waals surface area contributed by atoms with Crippen molar-refractivity contribution >= 4 is 11.9 Å². The highest BCUT2D eigenvalue weighted by atomic mass is 16.5. The summed E-state index contributed by atoms with van der Waals surface area (Å²) in [6.45, 7) is 0.573. The number of ether oxygens (including phenoxy) is 2. The number of rotatable bonds is 7. The third kappa shape index (κ3) is 4.83. The molecule has 2 N–H and O–H groups in total. The Balaban J connectivity index is 1.53. The number of hydrogen-bond donors (Lipinski definition) is 2. The molecule has 1 atom stereocenters. The van der Waals surface area contributed by atoms with Crippen LogP contribution in [0.15, 0.2) is 48.5 Å². The van der Waals surface area contributed by atoms with E-state index in [2.05, 4.69) is 11.4 Å². The zero-order chi connectivity index (χ0) is 18.4. The van der Waals surface area contributed by atoms with Gasteiger partial charge in [0.25, 0.3) is 0 Å². The third-order valence-electron chi connectivity index (χ3n) is 4.21. The number of aliphatic carboxylic acids is 1. The molecule has 0 saturated heterocycles. The summed E-state index contributed by atoms with van der Waals surface area (Å²) < 4.78 is 10.9. The van der Waals surface area contributed by atoms with Gasteiger partial charge in [-0.15, -0.1) is 0 Å². The number of carboxylic acids is 1. The van der Waals surface area contributed by atoms with E-state index in [0.29, 0.717) is 18.9 Å². The summed E-state index contributed by atoms with van der Waals surface area (Å²) >= 11 is 0. The van der Waals surface area contributed by atoms with Crippen molar-refractivity contribution in [2.24, 2.45) is 0 Å². The molecule has 0 bridgehead atoms. The van der Waals surface area contributed by atoms with Crippen molar-refractivity contribution in [1.82, 2.24) is 5.32 Å². The highest BCUT2D eigenvalue weighted by Crippen LogP contribution is 2.29. The van der Waals surface area contributed by atoms with Gasteiger partial charge in [0.1, 0.15) is 5.75 Å².